The number of hydrogen-bond acceptors (Lipinski definition) is 4. The van der Waals surface area contributed by atoms with Crippen LogP contribution in [0.15, 0.2) is 16.7 Å². The molecule has 1 amide bonds. The minimum atomic E-state index is -0.782. The molecule has 7 heteroatoms. The number of carbonyl (C=O) groups is 1. The first-order valence-corrected chi connectivity index (χ1v) is 8.24. The van der Waals surface area contributed by atoms with Crippen LogP contribution in [-0.2, 0) is 10.8 Å². The third-order valence-corrected chi connectivity index (χ3v) is 4.66. The number of hydrogen-bond donors (Lipinski definition) is 0. The summed E-state index contributed by atoms with van der Waals surface area (Å²) in [6.45, 7) is 1.09. The van der Waals surface area contributed by atoms with Crippen molar-refractivity contribution in [3.63, 3.8) is 0 Å². The summed E-state index contributed by atoms with van der Waals surface area (Å²) in [5, 5.41) is 0. The van der Waals surface area contributed by atoms with Crippen LogP contribution in [0.2, 0.25) is 0 Å². The molecule has 104 valence electrons. The predicted molar refractivity (Wildman–Crippen MR) is 80.0 cm³/mol. The minimum absolute atomic E-state index is 0.0470. The van der Waals surface area contributed by atoms with E-state index in [0.29, 0.717) is 36.0 Å². The summed E-state index contributed by atoms with van der Waals surface area (Å²) in [6.07, 6.45) is 1.68. The Balaban J connectivity index is 2.27. The zero-order valence-electron chi connectivity index (χ0n) is 10.9. The molecule has 19 heavy (non-hydrogen) atoms. The molecule has 0 unspecified atom stereocenters. The van der Waals surface area contributed by atoms with E-state index in [9.17, 15) is 9.00 Å². The van der Waals surface area contributed by atoms with Crippen molar-refractivity contribution in [2.45, 2.75) is 0 Å². The highest BCUT2D eigenvalue weighted by atomic mass is 79.9. The summed E-state index contributed by atoms with van der Waals surface area (Å²) in [5.41, 5.74) is 0.576. The molecule has 0 bridgehead atoms. The van der Waals surface area contributed by atoms with E-state index < -0.39 is 10.8 Å². The van der Waals surface area contributed by atoms with Gasteiger partial charge in [-0.3, -0.25) is 9.00 Å². The topological polar surface area (TPSA) is 53.5 Å². The second kappa shape index (κ2) is 6.00. The van der Waals surface area contributed by atoms with Gasteiger partial charge in [0.05, 0.1) is 5.56 Å². The van der Waals surface area contributed by atoms with Crippen LogP contribution >= 0.6 is 15.9 Å². The first-order valence-electron chi connectivity index (χ1n) is 5.96. The maximum Gasteiger partial charge on any atom is 0.257 e. The molecule has 2 heterocycles. The summed E-state index contributed by atoms with van der Waals surface area (Å²) in [5.74, 6) is 1.73. The van der Waals surface area contributed by atoms with Gasteiger partial charge >= 0.3 is 0 Å². The molecule has 0 aromatic carbocycles. The van der Waals surface area contributed by atoms with E-state index in [0.717, 1.165) is 4.47 Å². The summed E-state index contributed by atoms with van der Waals surface area (Å²) in [7, 11) is 2.94. The van der Waals surface area contributed by atoms with Gasteiger partial charge in [0.15, 0.2) is 0 Å². The molecular weight excluding hydrogens is 330 g/mol. The summed E-state index contributed by atoms with van der Waals surface area (Å²) >= 11 is 3.35. The normalized spacial score (nSPS) is 16.5. The van der Waals surface area contributed by atoms with E-state index in [-0.39, 0.29) is 5.91 Å². The predicted octanol–water partition coefficient (Wildman–Crippen LogP) is 1.11. The van der Waals surface area contributed by atoms with Crippen molar-refractivity contribution in [2.24, 2.45) is 0 Å². The van der Waals surface area contributed by atoms with Crippen LogP contribution in [0.5, 0.6) is 0 Å². The Hall–Kier alpha value is -0.950. The van der Waals surface area contributed by atoms with Crippen molar-refractivity contribution >= 4 is 38.5 Å². The standard InChI is InChI=1S/C12H16BrN3O2S/c1-15(2)11-10(7-9(13)8-14-11)12(17)16-3-5-19(18)6-4-16/h7-8H,3-6H2,1-2H3. The van der Waals surface area contributed by atoms with E-state index in [2.05, 4.69) is 20.9 Å². The van der Waals surface area contributed by atoms with Crippen molar-refractivity contribution < 1.29 is 9.00 Å². The summed E-state index contributed by atoms with van der Waals surface area (Å²) in [4.78, 5) is 20.4. The largest absolute Gasteiger partial charge is 0.362 e. The van der Waals surface area contributed by atoms with Crippen LogP contribution in [0.4, 0.5) is 5.82 Å². The quantitative estimate of drug-likeness (QED) is 0.805. The second-order valence-electron chi connectivity index (χ2n) is 4.56. The lowest BCUT2D eigenvalue weighted by Crippen LogP contribution is -2.42. The fraction of sp³-hybridized carbons (Fsp3) is 0.500. The Morgan fingerprint density at radius 1 is 1.42 bits per heavy atom. The average molecular weight is 346 g/mol. The van der Waals surface area contributed by atoms with Gasteiger partial charge in [-0.05, 0) is 22.0 Å². The Kier molecular flexibility index (Phi) is 4.57. The minimum Gasteiger partial charge on any atom is -0.362 e. The third kappa shape index (κ3) is 3.33. The molecule has 1 aliphatic rings. The van der Waals surface area contributed by atoms with Crippen LogP contribution in [0.25, 0.3) is 0 Å². The van der Waals surface area contributed by atoms with Crippen molar-refractivity contribution in [2.75, 3.05) is 43.6 Å². The molecule has 0 aliphatic carbocycles. The number of aromatic nitrogens is 1. The smallest absolute Gasteiger partial charge is 0.257 e. The lowest BCUT2D eigenvalue weighted by atomic mass is 10.2. The number of pyridine rings is 1. The maximum atomic E-state index is 12.5. The molecule has 1 aromatic rings. The van der Waals surface area contributed by atoms with Gasteiger partial charge in [0.2, 0.25) is 0 Å². The van der Waals surface area contributed by atoms with Crippen LogP contribution in [-0.4, -0.2) is 58.7 Å². The molecule has 5 nitrogen and oxygen atoms in total. The van der Waals surface area contributed by atoms with E-state index in [1.807, 2.05) is 19.0 Å². The van der Waals surface area contributed by atoms with E-state index in [1.54, 1.807) is 17.2 Å². The number of carbonyl (C=O) groups excluding carboxylic acids is 1. The lowest BCUT2D eigenvalue weighted by molar-refractivity contribution is 0.0771. The van der Waals surface area contributed by atoms with Crippen LogP contribution in [0.3, 0.4) is 0 Å². The highest BCUT2D eigenvalue weighted by molar-refractivity contribution is 9.10. The number of halogens is 1. The van der Waals surface area contributed by atoms with Gasteiger partial charge in [-0.25, -0.2) is 4.98 Å². The molecule has 1 aromatic heterocycles. The number of rotatable bonds is 2. The summed E-state index contributed by atoms with van der Waals surface area (Å²) in [6, 6.07) is 1.79. The van der Waals surface area contributed by atoms with E-state index in [4.69, 9.17) is 0 Å². The molecule has 1 fully saturated rings. The number of nitrogens with zero attached hydrogens (tertiary/aromatic N) is 3. The van der Waals surface area contributed by atoms with Crippen molar-refractivity contribution in [3.8, 4) is 0 Å². The Bertz CT molecular complexity index is 512. The van der Waals surface area contributed by atoms with Crippen LogP contribution in [0.1, 0.15) is 10.4 Å². The highest BCUT2D eigenvalue weighted by Gasteiger charge is 2.24. The average Bonchev–Trinajstić information content (AvgIpc) is 2.38. The molecule has 0 spiro atoms. The summed E-state index contributed by atoms with van der Waals surface area (Å²) < 4.78 is 12.1. The molecule has 1 saturated heterocycles. The molecule has 0 atom stereocenters. The highest BCUT2D eigenvalue weighted by Crippen LogP contribution is 2.22. The number of anilines is 1. The fourth-order valence-corrected chi connectivity index (χ4v) is 3.34. The van der Waals surface area contributed by atoms with Gasteiger partial charge < -0.3 is 9.80 Å². The van der Waals surface area contributed by atoms with Gasteiger partial charge in [0.25, 0.3) is 5.91 Å². The molecule has 0 N–H and O–H groups in total. The van der Waals surface area contributed by atoms with Crippen LogP contribution < -0.4 is 4.90 Å². The monoisotopic (exact) mass is 345 g/mol. The van der Waals surface area contributed by atoms with Gasteiger partial charge in [-0.15, -0.1) is 0 Å². The lowest BCUT2D eigenvalue weighted by Gasteiger charge is -2.27. The number of amides is 1. The van der Waals surface area contributed by atoms with E-state index >= 15 is 0 Å². The second-order valence-corrected chi connectivity index (χ2v) is 7.17. The SMILES string of the molecule is CN(C)c1ncc(Br)cc1C(=O)N1CCS(=O)CC1. The molecule has 2 rings (SSSR count). The van der Waals surface area contributed by atoms with Crippen LogP contribution in [0, 0.1) is 0 Å². The maximum absolute atomic E-state index is 12.5. The zero-order chi connectivity index (χ0) is 14.0. The van der Waals surface area contributed by atoms with Gasteiger partial charge in [-0.1, -0.05) is 0 Å². The Labute approximate surface area is 123 Å². The molecule has 0 radical (unpaired) electrons. The van der Waals surface area contributed by atoms with Gasteiger partial charge in [0.1, 0.15) is 5.82 Å². The first-order chi connectivity index (χ1) is 8.99. The molecular formula is C12H16BrN3O2S. The van der Waals surface area contributed by atoms with E-state index in [1.165, 1.54) is 0 Å². The van der Waals surface area contributed by atoms with Crippen molar-refractivity contribution in [3.05, 3.63) is 22.3 Å². The Morgan fingerprint density at radius 2 is 2.05 bits per heavy atom. The van der Waals surface area contributed by atoms with Gasteiger partial charge in [0, 0.05) is 60.2 Å². The molecule has 1 aliphatic heterocycles. The van der Waals surface area contributed by atoms with Crippen molar-refractivity contribution in [1.82, 2.24) is 9.88 Å². The molecule has 0 saturated carbocycles. The zero-order valence-corrected chi connectivity index (χ0v) is 13.3. The van der Waals surface area contributed by atoms with Gasteiger partial charge in [-0.2, -0.15) is 0 Å². The first kappa shape index (κ1) is 14.5. The third-order valence-electron chi connectivity index (χ3n) is 2.95. The Morgan fingerprint density at radius 3 is 2.63 bits per heavy atom. The van der Waals surface area contributed by atoms with Crippen molar-refractivity contribution in [1.29, 1.82) is 0 Å². The fourth-order valence-electron chi connectivity index (χ4n) is 1.96.